The SMILES string of the molecule is O=C(Nc1ccc(F)cc1F)N(CCc1nc2ccccc2[nH]1)C1CCCCC1. The number of urea groups is 1. The van der Waals surface area contributed by atoms with Crippen molar-refractivity contribution in [2.75, 3.05) is 11.9 Å². The Morgan fingerprint density at radius 2 is 1.93 bits per heavy atom. The van der Waals surface area contributed by atoms with E-state index in [9.17, 15) is 13.6 Å². The number of anilines is 1. The van der Waals surface area contributed by atoms with Crippen LogP contribution in [-0.2, 0) is 6.42 Å². The van der Waals surface area contributed by atoms with Gasteiger partial charge in [-0.15, -0.1) is 0 Å². The molecule has 1 fully saturated rings. The van der Waals surface area contributed by atoms with E-state index in [1.165, 1.54) is 12.5 Å². The number of hydrogen-bond donors (Lipinski definition) is 2. The van der Waals surface area contributed by atoms with Gasteiger partial charge < -0.3 is 15.2 Å². The van der Waals surface area contributed by atoms with Crippen LogP contribution in [0.15, 0.2) is 42.5 Å². The number of imidazole rings is 1. The molecule has 0 atom stereocenters. The summed E-state index contributed by atoms with van der Waals surface area (Å²) < 4.78 is 27.2. The van der Waals surface area contributed by atoms with Gasteiger partial charge in [0, 0.05) is 25.1 Å². The fourth-order valence-corrected chi connectivity index (χ4v) is 3.97. The molecule has 0 bridgehead atoms. The normalized spacial score (nSPS) is 14.8. The summed E-state index contributed by atoms with van der Waals surface area (Å²) in [5.74, 6) is -0.637. The summed E-state index contributed by atoms with van der Waals surface area (Å²) in [4.78, 5) is 22.6. The maximum absolute atomic E-state index is 14.0. The smallest absolute Gasteiger partial charge is 0.322 e. The zero-order chi connectivity index (χ0) is 20.2. The quantitative estimate of drug-likeness (QED) is 0.617. The van der Waals surface area contributed by atoms with Crippen LogP contribution < -0.4 is 5.32 Å². The summed E-state index contributed by atoms with van der Waals surface area (Å²) in [5.41, 5.74) is 1.84. The molecule has 2 aromatic carbocycles. The molecule has 2 N–H and O–H groups in total. The van der Waals surface area contributed by atoms with E-state index in [-0.39, 0.29) is 17.8 Å². The Morgan fingerprint density at radius 3 is 2.69 bits per heavy atom. The molecule has 5 nitrogen and oxygen atoms in total. The summed E-state index contributed by atoms with van der Waals surface area (Å²) in [6.45, 7) is 0.471. The van der Waals surface area contributed by atoms with Gasteiger partial charge in [-0.25, -0.2) is 18.6 Å². The largest absolute Gasteiger partial charge is 0.342 e. The lowest BCUT2D eigenvalue weighted by atomic mass is 9.94. The second-order valence-electron chi connectivity index (χ2n) is 7.49. The Bertz CT molecular complexity index is 964. The molecule has 4 rings (SSSR count). The van der Waals surface area contributed by atoms with Gasteiger partial charge in [0.15, 0.2) is 0 Å². The molecule has 0 saturated heterocycles. The van der Waals surface area contributed by atoms with Crippen molar-refractivity contribution in [1.82, 2.24) is 14.9 Å². The number of carbonyl (C=O) groups is 1. The highest BCUT2D eigenvalue weighted by atomic mass is 19.1. The van der Waals surface area contributed by atoms with Gasteiger partial charge in [0.2, 0.25) is 0 Å². The van der Waals surface area contributed by atoms with Crippen LogP contribution in [0.25, 0.3) is 11.0 Å². The summed E-state index contributed by atoms with van der Waals surface area (Å²) in [6, 6.07) is 10.7. The minimum absolute atomic E-state index is 0.0130. The van der Waals surface area contributed by atoms with Gasteiger partial charge >= 0.3 is 6.03 Å². The van der Waals surface area contributed by atoms with Crippen LogP contribution in [0, 0.1) is 11.6 Å². The van der Waals surface area contributed by atoms with Crippen molar-refractivity contribution in [3.63, 3.8) is 0 Å². The average molecular weight is 398 g/mol. The first-order valence-corrected chi connectivity index (χ1v) is 10.1. The first-order valence-electron chi connectivity index (χ1n) is 10.1. The Labute approximate surface area is 168 Å². The molecule has 0 spiro atoms. The monoisotopic (exact) mass is 398 g/mol. The molecule has 152 valence electrons. The number of halogens is 2. The molecular weight excluding hydrogens is 374 g/mol. The molecule has 0 aliphatic heterocycles. The van der Waals surface area contributed by atoms with Crippen molar-refractivity contribution >= 4 is 22.8 Å². The maximum Gasteiger partial charge on any atom is 0.322 e. The van der Waals surface area contributed by atoms with Crippen LogP contribution in [0.3, 0.4) is 0 Å². The lowest BCUT2D eigenvalue weighted by Crippen LogP contribution is -2.45. The first kappa shape index (κ1) is 19.4. The van der Waals surface area contributed by atoms with Gasteiger partial charge in [-0.2, -0.15) is 0 Å². The fraction of sp³-hybridized carbons (Fsp3) is 0.364. The van der Waals surface area contributed by atoms with Crippen molar-refractivity contribution in [2.24, 2.45) is 0 Å². The molecule has 2 amide bonds. The number of aromatic nitrogens is 2. The standard InChI is InChI=1S/C22H24F2N4O/c23-15-10-11-18(17(24)14-15)27-22(29)28(16-6-2-1-3-7-16)13-12-21-25-19-8-4-5-9-20(19)26-21/h4-5,8-11,14,16H,1-3,6-7,12-13H2,(H,25,26)(H,27,29). The van der Waals surface area contributed by atoms with E-state index in [2.05, 4.69) is 15.3 Å². The number of aromatic amines is 1. The fourth-order valence-electron chi connectivity index (χ4n) is 3.97. The molecular formula is C22H24F2N4O. The molecule has 1 heterocycles. The summed E-state index contributed by atoms with van der Waals surface area (Å²) in [5, 5.41) is 2.61. The molecule has 1 aromatic heterocycles. The van der Waals surface area contributed by atoms with E-state index in [1.807, 2.05) is 24.3 Å². The highest BCUT2D eigenvalue weighted by Gasteiger charge is 2.26. The number of hydrogen-bond acceptors (Lipinski definition) is 2. The van der Waals surface area contributed by atoms with E-state index < -0.39 is 11.6 Å². The third-order valence-electron chi connectivity index (χ3n) is 5.48. The Kier molecular flexibility index (Phi) is 5.74. The average Bonchev–Trinajstić information content (AvgIpc) is 3.14. The van der Waals surface area contributed by atoms with Gasteiger partial charge in [0.25, 0.3) is 0 Å². The number of fused-ring (bicyclic) bond motifs is 1. The minimum atomic E-state index is -0.778. The van der Waals surface area contributed by atoms with E-state index >= 15 is 0 Å². The molecule has 0 radical (unpaired) electrons. The number of nitrogens with one attached hydrogen (secondary N) is 2. The number of para-hydroxylation sites is 2. The second kappa shape index (κ2) is 8.59. The lowest BCUT2D eigenvalue weighted by Gasteiger charge is -2.34. The molecule has 3 aromatic rings. The number of benzene rings is 2. The number of carbonyl (C=O) groups excluding carboxylic acids is 1. The predicted molar refractivity (Wildman–Crippen MR) is 109 cm³/mol. The Balaban J connectivity index is 1.49. The summed E-state index contributed by atoms with van der Waals surface area (Å²) in [7, 11) is 0. The van der Waals surface area contributed by atoms with Crippen molar-refractivity contribution in [3.8, 4) is 0 Å². The van der Waals surface area contributed by atoms with E-state index in [4.69, 9.17) is 0 Å². The number of nitrogens with zero attached hydrogens (tertiary/aromatic N) is 2. The third-order valence-corrected chi connectivity index (χ3v) is 5.48. The van der Waals surface area contributed by atoms with E-state index in [0.717, 1.165) is 54.7 Å². The van der Waals surface area contributed by atoms with Crippen molar-refractivity contribution in [1.29, 1.82) is 0 Å². The van der Waals surface area contributed by atoms with Crippen LogP contribution in [0.2, 0.25) is 0 Å². The van der Waals surface area contributed by atoms with Gasteiger partial charge in [-0.3, -0.25) is 0 Å². The first-order chi connectivity index (χ1) is 14.1. The van der Waals surface area contributed by atoms with Crippen molar-refractivity contribution < 1.29 is 13.6 Å². The maximum atomic E-state index is 14.0. The lowest BCUT2D eigenvalue weighted by molar-refractivity contribution is 0.168. The van der Waals surface area contributed by atoms with Gasteiger partial charge in [0.05, 0.1) is 16.7 Å². The second-order valence-corrected chi connectivity index (χ2v) is 7.49. The minimum Gasteiger partial charge on any atom is -0.342 e. The van der Waals surface area contributed by atoms with Crippen LogP contribution in [-0.4, -0.2) is 33.5 Å². The summed E-state index contributed by atoms with van der Waals surface area (Å²) >= 11 is 0. The molecule has 7 heteroatoms. The Hall–Kier alpha value is -2.96. The third kappa shape index (κ3) is 4.55. The number of amides is 2. The Morgan fingerprint density at radius 1 is 1.14 bits per heavy atom. The van der Waals surface area contributed by atoms with Crippen LogP contribution in [0.5, 0.6) is 0 Å². The van der Waals surface area contributed by atoms with Crippen LogP contribution in [0.4, 0.5) is 19.3 Å². The summed E-state index contributed by atoms with van der Waals surface area (Å²) in [6.07, 6.45) is 5.75. The van der Waals surface area contributed by atoms with Gasteiger partial charge in [-0.05, 0) is 37.1 Å². The van der Waals surface area contributed by atoms with E-state index in [1.54, 1.807) is 4.90 Å². The van der Waals surface area contributed by atoms with E-state index in [0.29, 0.717) is 13.0 Å². The molecule has 0 unspecified atom stereocenters. The highest BCUT2D eigenvalue weighted by molar-refractivity contribution is 5.89. The number of H-pyrrole nitrogens is 1. The molecule has 1 aliphatic rings. The topological polar surface area (TPSA) is 61.0 Å². The van der Waals surface area contributed by atoms with Crippen LogP contribution >= 0.6 is 0 Å². The van der Waals surface area contributed by atoms with Crippen LogP contribution in [0.1, 0.15) is 37.9 Å². The highest BCUT2D eigenvalue weighted by Crippen LogP contribution is 2.24. The molecule has 29 heavy (non-hydrogen) atoms. The van der Waals surface area contributed by atoms with Crippen molar-refractivity contribution in [3.05, 3.63) is 59.9 Å². The zero-order valence-corrected chi connectivity index (χ0v) is 16.1. The molecule has 1 aliphatic carbocycles. The van der Waals surface area contributed by atoms with Crippen molar-refractivity contribution in [2.45, 2.75) is 44.6 Å². The predicted octanol–water partition coefficient (Wildman–Crippen LogP) is 5.25. The zero-order valence-electron chi connectivity index (χ0n) is 16.1. The molecule has 1 saturated carbocycles. The van der Waals surface area contributed by atoms with Gasteiger partial charge in [-0.1, -0.05) is 31.4 Å². The number of rotatable bonds is 5. The van der Waals surface area contributed by atoms with Gasteiger partial charge in [0.1, 0.15) is 17.5 Å².